The van der Waals surface area contributed by atoms with Crippen LogP contribution in [0.25, 0.3) is 0 Å². The van der Waals surface area contributed by atoms with Gasteiger partial charge in [-0.15, -0.1) is 0 Å². The Morgan fingerprint density at radius 2 is 1.62 bits per heavy atom. The van der Waals surface area contributed by atoms with Crippen LogP contribution in [0.1, 0.15) is 16.7 Å². The number of nitrogens with one attached hydrogen (secondary N) is 1. The van der Waals surface area contributed by atoms with Crippen LogP contribution in [0.5, 0.6) is 0 Å². The molecule has 0 aliphatic carbocycles. The summed E-state index contributed by atoms with van der Waals surface area (Å²) in [6, 6.07) is 4.06. The number of likely N-dealkylation sites (N-methyl/N-ethyl adjacent to an activating group) is 1. The van der Waals surface area contributed by atoms with Crippen LogP contribution in [-0.2, 0) is 6.42 Å². The summed E-state index contributed by atoms with van der Waals surface area (Å²) in [5, 5.41) is 2.30. The Hall–Kier alpha value is -1.03. The lowest BCUT2D eigenvalue weighted by Crippen LogP contribution is -2.41. The number of aryl methyl sites for hydroxylation is 2. The Labute approximate surface area is 93.7 Å². The van der Waals surface area contributed by atoms with Gasteiger partial charge in [0, 0.05) is 0 Å². The van der Waals surface area contributed by atoms with Gasteiger partial charge >= 0.3 is 6.18 Å². The molecular weight excluding hydrogens is 215 g/mol. The Morgan fingerprint density at radius 3 is 2.00 bits per heavy atom. The van der Waals surface area contributed by atoms with Gasteiger partial charge in [0.1, 0.15) is 6.04 Å². The Bertz CT molecular complexity index is 338. The number of halogens is 3. The van der Waals surface area contributed by atoms with Gasteiger partial charge in [-0.05, 0) is 32.9 Å². The average molecular weight is 231 g/mol. The van der Waals surface area contributed by atoms with Crippen molar-refractivity contribution in [3.8, 4) is 0 Å². The molecule has 1 atom stereocenters. The molecule has 1 unspecified atom stereocenters. The van der Waals surface area contributed by atoms with E-state index in [1.54, 1.807) is 12.1 Å². The van der Waals surface area contributed by atoms with Crippen LogP contribution in [0.2, 0.25) is 0 Å². The molecule has 0 amide bonds. The minimum Gasteiger partial charge on any atom is -0.309 e. The van der Waals surface area contributed by atoms with Crippen molar-refractivity contribution in [3.05, 3.63) is 34.9 Å². The second kappa shape index (κ2) is 4.87. The number of benzene rings is 1. The fourth-order valence-electron chi connectivity index (χ4n) is 1.80. The SMILES string of the molecule is CNC(Cc1cc(C)cc(C)c1)C(F)(F)F. The largest absolute Gasteiger partial charge is 0.404 e. The molecule has 1 nitrogen and oxygen atoms in total. The first kappa shape index (κ1) is 13.0. The first-order chi connectivity index (χ1) is 7.32. The summed E-state index contributed by atoms with van der Waals surface area (Å²) in [5.41, 5.74) is 2.70. The fraction of sp³-hybridized carbons (Fsp3) is 0.500. The quantitative estimate of drug-likeness (QED) is 0.843. The lowest BCUT2D eigenvalue weighted by atomic mass is 10.0. The number of alkyl halides is 3. The molecular formula is C12H16F3N. The van der Waals surface area contributed by atoms with E-state index in [-0.39, 0.29) is 6.42 Å². The molecule has 0 radical (unpaired) electrons. The van der Waals surface area contributed by atoms with E-state index < -0.39 is 12.2 Å². The highest BCUT2D eigenvalue weighted by atomic mass is 19.4. The Kier molecular flexibility index (Phi) is 3.97. The summed E-state index contributed by atoms with van der Waals surface area (Å²) in [4.78, 5) is 0. The van der Waals surface area contributed by atoms with Crippen LogP contribution < -0.4 is 5.32 Å². The van der Waals surface area contributed by atoms with Crippen LogP contribution in [0.4, 0.5) is 13.2 Å². The van der Waals surface area contributed by atoms with Crippen molar-refractivity contribution in [1.82, 2.24) is 5.32 Å². The molecule has 0 aliphatic rings. The van der Waals surface area contributed by atoms with Crippen LogP contribution in [0.3, 0.4) is 0 Å². The molecule has 16 heavy (non-hydrogen) atoms. The average Bonchev–Trinajstić information content (AvgIpc) is 2.10. The highest BCUT2D eigenvalue weighted by Crippen LogP contribution is 2.23. The van der Waals surface area contributed by atoms with Gasteiger partial charge < -0.3 is 5.32 Å². The number of hydrogen-bond donors (Lipinski definition) is 1. The van der Waals surface area contributed by atoms with Gasteiger partial charge in [-0.2, -0.15) is 13.2 Å². The van der Waals surface area contributed by atoms with E-state index in [9.17, 15) is 13.2 Å². The topological polar surface area (TPSA) is 12.0 Å². The van der Waals surface area contributed by atoms with Gasteiger partial charge in [-0.25, -0.2) is 0 Å². The molecule has 0 saturated heterocycles. The maximum absolute atomic E-state index is 12.5. The van der Waals surface area contributed by atoms with Crippen LogP contribution in [0.15, 0.2) is 18.2 Å². The smallest absolute Gasteiger partial charge is 0.309 e. The van der Waals surface area contributed by atoms with E-state index >= 15 is 0 Å². The summed E-state index contributed by atoms with van der Waals surface area (Å²) >= 11 is 0. The highest BCUT2D eigenvalue weighted by Gasteiger charge is 2.38. The zero-order chi connectivity index (χ0) is 12.3. The van der Waals surface area contributed by atoms with E-state index in [2.05, 4.69) is 5.32 Å². The van der Waals surface area contributed by atoms with Crippen molar-refractivity contribution in [3.63, 3.8) is 0 Å². The van der Waals surface area contributed by atoms with Crippen LogP contribution in [-0.4, -0.2) is 19.3 Å². The van der Waals surface area contributed by atoms with Crippen molar-refractivity contribution < 1.29 is 13.2 Å². The van der Waals surface area contributed by atoms with Crippen molar-refractivity contribution in [2.24, 2.45) is 0 Å². The summed E-state index contributed by atoms with van der Waals surface area (Å²) in [6.45, 7) is 3.77. The maximum atomic E-state index is 12.5. The second-order valence-corrected chi connectivity index (χ2v) is 4.08. The first-order valence-corrected chi connectivity index (χ1v) is 5.14. The third kappa shape index (κ3) is 3.52. The molecule has 0 aliphatic heterocycles. The van der Waals surface area contributed by atoms with Crippen LogP contribution >= 0.6 is 0 Å². The van der Waals surface area contributed by atoms with E-state index in [1.807, 2.05) is 19.9 Å². The van der Waals surface area contributed by atoms with Crippen molar-refractivity contribution >= 4 is 0 Å². The predicted octanol–water partition coefficient (Wildman–Crippen LogP) is 3.00. The van der Waals surface area contributed by atoms with E-state index in [0.717, 1.165) is 11.1 Å². The lowest BCUT2D eigenvalue weighted by molar-refractivity contribution is -0.154. The summed E-state index contributed by atoms with van der Waals surface area (Å²) in [7, 11) is 1.33. The summed E-state index contributed by atoms with van der Waals surface area (Å²) in [6.07, 6.45) is -4.23. The molecule has 0 aromatic heterocycles. The van der Waals surface area contributed by atoms with Gasteiger partial charge in [-0.1, -0.05) is 29.3 Å². The van der Waals surface area contributed by atoms with Gasteiger partial charge in [0.05, 0.1) is 0 Å². The maximum Gasteiger partial charge on any atom is 0.404 e. The molecule has 1 aromatic rings. The van der Waals surface area contributed by atoms with Gasteiger partial charge in [0.15, 0.2) is 0 Å². The molecule has 1 N–H and O–H groups in total. The normalized spacial score (nSPS) is 13.9. The molecule has 0 fully saturated rings. The standard InChI is InChI=1S/C12H16F3N/c1-8-4-9(2)6-10(5-8)7-11(16-3)12(13,14)15/h4-6,11,16H,7H2,1-3H3. The summed E-state index contributed by atoms with van der Waals surface area (Å²) in [5.74, 6) is 0. The Balaban J connectivity index is 2.86. The molecule has 0 heterocycles. The summed E-state index contributed by atoms with van der Waals surface area (Å²) < 4.78 is 37.6. The number of hydrogen-bond acceptors (Lipinski definition) is 1. The highest BCUT2D eigenvalue weighted by molar-refractivity contribution is 5.29. The fourth-order valence-corrected chi connectivity index (χ4v) is 1.80. The molecule has 0 spiro atoms. The molecule has 0 saturated carbocycles. The third-order valence-electron chi connectivity index (χ3n) is 2.46. The second-order valence-electron chi connectivity index (χ2n) is 4.08. The molecule has 4 heteroatoms. The van der Waals surface area contributed by atoms with E-state index in [1.165, 1.54) is 7.05 Å². The van der Waals surface area contributed by atoms with Gasteiger partial charge in [0.2, 0.25) is 0 Å². The lowest BCUT2D eigenvalue weighted by Gasteiger charge is -2.20. The zero-order valence-corrected chi connectivity index (χ0v) is 9.65. The van der Waals surface area contributed by atoms with Crippen LogP contribution in [0, 0.1) is 13.8 Å². The monoisotopic (exact) mass is 231 g/mol. The first-order valence-electron chi connectivity index (χ1n) is 5.14. The van der Waals surface area contributed by atoms with E-state index in [0.29, 0.717) is 5.56 Å². The molecule has 1 aromatic carbocycles. The van der Waals surface area contributed by atoms with Gasteiger partial charge in [-0.3, -0.25) is 0 Å². The number of rotatable bonds is 3. The van der Waals surface area contributed by atoms with E-state index in [4.69, 9.17) is 0 Å². The predicted molar refractivity (Wildman–Crippen MR) is 58.5 cm³/mol. The van der Waals surface area contributed by atoms with Crippen molar-refractivity contribution in [2.45, 2.75) is 32.5 Å². The third-order valence-corrected chi connectivity index (χ3v) is 2.46. The molecule has 0 bridgehead atoms. The van der Waals surface area contributed by atoms with Crippen molar-refractivity contribution in [1.29, 1.82) is 0 Å². The Morgan fingerprint density at radius 1 is 1.12 bits per heavy atom. The van der Waals surface area contributed by atoms with Crippen molar-refractivity contribution in [2.75, 3.05) is 7.05 Å². The molecule has 1 rings (SSSR count). The molecule has 90 valence electrons. The zero-order valence-electron chi connectivity index (χ0n) is 9.65. The van der Waals surface area contributed by atoms with Gasteiger partial charge in [0.25, 0.3) is 0 Å². The minimum absolute atomic E-state index is 0.0253. The minimum atomic E-state index is -4.20.